The van der Waals surface area contributed by atoms with Crippen LogP contribution in [0.5, 0.6) is 0 Å². The summed E-state index contributed by atoms with van der Waals surface area (Å²) in [5, 5.41) is 10.4. The molecule has 2 amide bonds. The quantitative estimate of drug-likeness (QED) is 0.747. The van der Waals surface area contributed by atoms with Gasteiger partial charge in [0.1, 0.15) is 6.54 Å². The van der Waals surface area contributed by atoms with E-state index in [1.165, 1.54) is 20.9 Å². The number of halogens is 3. The second-order valence-electron chi connectivity index (χ2n) is 4.50. The number of amides is 2. The summed E-state index contributed by atoms with van der Waals surface area (Å²) in [6.45, 7) is 0.675. The summed E-state index contributed by atoms with van der Waals surface area (Å²) in [6.07, 6.45) is -4.52. The molecule has 2 unspecified atom stereocenters. The van der Waals surface area contributed by atoms with Crippen LogP contribution in [-0.4, -0.2) is 54.1 Å². The van der Waals surface area contributed by atoms with E-state index in [4.69, 9.17) is 5.11 Å². The summed E-state index contributed by atoms with van der Waals surface area (Å²) in [4.78, 5) is 34.6. The van der Waals surface area contributed by atoms with Gasteiger partial charge >= 0.3 is 12.1 Å². The molecule has 116 valence electrons. The molecule has 0 heterocycles. The first-order chi connectivity index (χ1) is 8.95. The van der Waals surface area contributed by atoms with Crippen LogP contribution in [0, 0.1) is 11.8 Å². The van der Waals surface area contributed by atoms with Crippen LogP contribution in [0.1, 0.15) is 13.8 Å². The number of alkyl halides is 3. The molecule has 2 atom stereocenters. The number of carboxylic acid groups (broad SMARTS) is 1. The first-order valence-corrected chi connectivity index (χ1v) is 5.77. The Labute approximate surface area is 113 Å². The molecule has 6 nitrogen and oxygen atoms in total. The van der Waals surface area contributed by atoms with Gasteiger partial charge in [-0.15, -0.1) is 0 Å². The molecule has 0 rings (SSSR count). The van der Waals surface area contributed by atoms with E-state index in [1.807, 2.05) is 0 Å². The number of likely N-dealkylation sites (N-methyl/N-ethyl adjacent to an activating group) is 1. The fourth-order valence-electron chi connectivity index (χ4n) is 1.32. The molecule has 0 aliphatic rings. The normalized spacial score (nSPS) is 14.3. The van der Waals surface area contributed by atoms with E-state index in [0.717, 1.165) is 4.90 Å². The second kappa shape index (κ2) is 7.11. The first kappa shape index (κ1) is 18.2. The highest BCUT2D eigenvalue weighted by Gasteiger charge is 2.30. The van der Waals surface area contributed by atoms with Gasteiger partial charge in [-0.1, -0.05) is 13.8 Å². The Kier molecular flexibility index (Phi) is 6.47. The number of carboxylic acids is 1. The molecule has 0 aromatic heterocycles. The number of hydrogen-bond acceptors (Lipinski definition) is 3. The summed E-state index contributed by atoms with van der Waals surface area (Å²) < 4.78 is 35.6. The molecule has 0 saturated heterocycles. The van der Waals surface area contributed by atoms with Crippen molar-refractivity contribution in [3.63, 3.8) is 0 Å². The van der Waals surface area contributed by atoms with Gasteiger partial charge in [0.25, 0.3) is 0 Å². The van der Waals surface area contributed by atoms with Gasteiger partial charge in [0.2, 0.25) is 11.8 Å². The lowest BCUT2D eigenvalue weighted by Gasteiger charge is -2.23. The molecule has 0 fully saturated rings. The Balaban J connectivity index is 4.39. The Morgan fingerprint density at radius 2 is 1.70 bits per heavy atom. The minimum atomic E-state index is -4.52. The van der Waals surface area contributed by atoms with Crippen LogP contribution in [0.15, 0.2) is 0 Å². The number of carbonyl (C=O) groups excluding carboxylic acids is 2. The Bertz CT molecular complexity index is 384. The maximum absolute atomic E-state index is 11.9. The van der Waals surface area contributed by atoms with Gasteiger partial charge in [-0.25, -0.2) is 0 Å². The predicted molar refractivity (Wildman–Crippen MR) is 62.7 cm³/mol. The standard InChI is InChI=1S/C11H17F3N2O4/c1-6(7(2)10(19)20)9(18)16(3)4-8(17)15-5-11(12,13)14/h6-7H,4-5H2,1-3H3,(H,15,17)(H,19,20). The van der Waals surface area contributed by atoms with E-state index in [0.29, 0.717) is 0 Å². The smallest absolute Gasteiger partial charge is 0.405 e. The summed E-state index contributed by atoms with van der Waals surface area (Å²) >= 11 is 0. The molecular weight excluding hydrogens is 281 g/mol. The van der Waals surface area contributed by atoms with Crippen molar-refractivity contribution in [2.75, 3.05) is 20.1 Å². The number of nitrogens with zero attached hydrogens (tertiary/aromatic N) is 1. The highest BCUT2D eigenvalue weighted by atomic mass is 19.4. The number of nitrogens with one attached hydrogen (secondary N) is 1. The van der Waals surface area contributed by atoms with Gasteiger partial charge in [-0.05, 0) is 0 Å². The molecule has 0 saturated carbocycles. The zero-order valence-electron chi connectivity index (χ0n) is 11.3. The highest BCUT2D eigenvalue weighted by Crippen LogP contribution is 2.14. The lowest BCUT2D eigenvalue weighted by molar-refractivity contribution is -0.149. The van der Waals surface area contributed by atoms with E-state index < -0.39 is 48.9 Å². The summed E-state index contributed by atoms with van der Waals surface area (Å²) in [5.41, 5.74) is 0. The van der Waals surface area contributed by atoms with Gasteiger partial charge in [-0.2, -0.15) is 13.2 Å². The van der Waals surface area contributed by atoms with Crippen molar-refractivity contribution < 1.29 is 32.7 Å². The van der Waals surface area contributed by atoms with Crippen LogP contribution in [0.3, 0.4) is 0 Å². The van der Waals surface area contributed by atoms with E-state index in [2.05, 4.69) is 0 Å². The van der Waals surface area contributed by atoms with Crippen molar-refractivity contribution in [2.24, 2.45) is 11.8 Å². The summed E-state index contributed by atoms with van der Waals surface area (Å²) in [7, 11) is 1.22. The van der Waals surface area contributed by atoms with Gasteiger partial charge in [0.15, 0.2) is 0 Å². The summed E-state index contributed by atoms with van der Waals surface area (Å²) in [6, 6.07) is 0. The fraction of sp³-hybridized carbons (Fsp3) is 0.727. The van der Waals surface area contributed by atoms with Crippen LogP contribution < -0.4 is 5.32 Å². The van der Waals surface area contributed by atoms with Crippen LogP contribution in [0.25, 0.3) is 0 Å². The van der Waals surface area contributed by atoms with Crippen LogP contribution in [0.4, 0.5) is 13.2 Å². The van der Waals surface area contributed by atoms with Gasteiger partial charge in [0, 0.05) is 13.0 Å². The Morgan fingerprint density at radius 1 is 1.20 bits per heavy atom. The van der Waals surface area contributed by atoms with Gasteiger partial charge in [0.05, 0.1) is 12.5 Å². The number of aliphatic carboxylic acids is 1. The average Bonchev–Trinajstić information content (AvgIpc) is 2.32. The topological polar surface area (TPSA) is 86.7 Å². The lowest BCUT2D eigenvalue weighted by atomic mass is 9.95. The maximum Gasteiger partial charge on any atom is 0.405 e. The van der Waals surface area contributed by atoms with Gasteiger partial charge in [-0.3, -0.25) is 14.4 Å². The number of carbonyl (C=O) groups is 3. The van der Waals surface area contributed by atoms with E-state index >= 15 is 0 Å². The van der Waals surface area contributed by atoms with Crippen molar-refractivity contribution in [3.05, 3.63) is 0 Å². The molecule has 20 heavy (non-hydrogen) atoms. The average molecular weight is 298 g/mol. The maximum atomic E-state index is 11.9. The third-order valence-corrected chi connectivity index (χ3v) is 2.77. The highest BCUT2D eigenvalue weighted by molar-refractivity contribution is 5.88. The molecule has 0 radical (unpaired) electrons. The lowest BCUT2D eigenvalue weighted by Crippen LogP contribution is -2.44. The first-order valence-electron chi connectivity index (χ1n) is 5.77. The van der Waals surface area contributed by atoms with Crippen molar-refractivity contribution in [1.29, 1.82) is 0 Å². The van der Waals surface area contributed by atoms with Crippen LogP contribution in [0.2, 0.25) is 0 Å². The van der Waals surface area contributed by atoms with E-state index in [9.17, 15) is 27.6 Å². The van der Waals surface area contributed by atoms with Crippen LogP contribution >= 0.6 is 0 Å². The largest absolute Gasteiger partial charge is 0.481 e. The molecule has 0 aromatic rings. The SMILES string of the molecule is CC(C(=O)O)C(C)C(=O)N(C)CC(=O)NCC(F)(F)F. The Morgan fingerprint density at radius 3 is 2.10 bits per heavy atom. The van der Waals surface area contributed by atoms with Crippen molar-refractivity contribution in [2.45, 2.75) is 20.0 Å². The monoisotopic (exact) mass is 298 g/mol. The molecular formula is C11H17F3N2O4. The second-order valence-corrected chi connectivity index (χ2v) is 4.50. The fourth-order valence-corrected chi connectivity index (χ4v) is 1.32. The number of rotatable bonds is 6. The molecule has 0 aliphatic carbocycles. The molecule has 0 aliphatic heterocycles. The zero-order chi connectivity index (χ0) is 16.1. The molecule has 9 heteroatoms. The zero-order valence-corrected chi connectivity index (χ0v) is 11.3. The molecule has 0 bridgehead atoms. The van der Waals surface area contributed by atoms with Crippen molar-refractivity contribution >= 4 is 17.8 Å². The van der Waals surface area contributed by atoms with Crippen LogP contribution in [-0.2, 0) is 14.4 Å². The molecule has 0 spiro atoms. The summed E-state index contributed by atoms with van der Waals surface area (Å²) in [5.74, 6) is -4.59. The van der Waals surface area contributed by atoms with Crippen molar-refractivity contribution in [3.8, 4) is 0 Å². The number of hydrogen-bond donors (Lipinski definition) is 2. The van der Waals surface area contributed by atoms with Gasteiger partial charge < -0.3 is 15.3 Å². The van der Waals surface area contributed by atoms with E-state index in [1.54, 1.807) is 5.32 Å². The van der Waals surface area contributed by atoms with E-state index in [-0.39, 0.29) is 0 Å². The minimum absolute atomic E-state index is 0.564. The third kappa shape index (κ3) is 6.39. The third-order valence-electron chi connectivity index (χ3n) is 2.77. The van der Waals surface area contributed by atoms with Crippen molar-refractivity contribution in [1.82, 2.24) is 10.2 Å². The molecule has 0 aromatic carbocycles. The minimum Gasteiger partial charge on any atom is -0.481 e. The molecule has 2 N–H and O–H groups in total. The Hall–Kier alpha value is -1.80. The predicted octanol–water partition coefficient (Wildman–Crippen LogP) is 0.480.